The zero-order valence-corrected chi connectivity index (χ0v) is 8.27. The van der Waals surface area contributed by atoms with Crippen molar-refractivity contribution >= 4 is 5.78 Å². The van der Waals surface area contributed by atoms with Crippen LogP contribution in [0.2, 0.25) is 0 Å². The summed E-state index contributed by atoms with van der Waals surface area (Å²) in [6.07, 6.45) is -1.36. The van der Waals surface area contributed by atoms with Crippen LogP contribution in [0.3, 0.4) is 0 Å². The van der Waals surface area contributed by atoms with Gasteiger partial charge < -0.3 is 4.74 Å². The van der Waals surface area contributed by atoms with E-state index in [1.54, 1.807) is 0 Å². The second kappa shape index (κ2) is 3.47. The van der Waals surface area contributed by atoms with Gasteiger partial charge in [-0.15, -0.1) is 0 Å². The molecule has 2 aliphatic rings. The van der Waals surface area contributed by atoms with E-state index in [-0.39, 0.29) is 12.2 Å². The van der Waals surface area contributed by atoms with Gasteiger partial charge in [0.25, 0.3) is 0 Å². The molecule has 0 saturated heterocycles. The Kier molecular flexibility index (Phi) is 2.53. The zero-order chi connectivity index (χ0) is 11.1. The molecule has 2 saturated carbocycles. The molecule has 0 N–H and O–H groups in total. The Hall–Kier alpha value is -0.580. The minimum atomic E-state index is -4.29. The molecule has 86 valence electrons. The van der Waals surface area contributed by atoms with Crippen LogP contribution in [0.4, 0.5) is 13.2 Å². The van der Waals surface area contributed by atoms with E-state index < -0.39 is 24.3 Å². The number of hydrogen-bond acceptors (Lipinski definition) is 2. The first-order chi connectivity index (χ1) is 6.94. The smallest absolute Gasteiger partial charge is 0.367 e. The summed E-state index contributed by atoms with van der Waals surface area (Å²) in [7, 11) is 0. The summed E-state index contributed by atoms with van der Waals surface area (Å²) >= 11 is 0. The third-order valence-corrected chi connectivity index (χ3v) is 3.49. The van der Waals surface area contributed by atoms with E-state index in [0.717, 1.165) is 12.8 Å². The summed E-state index contributed by atoms with van der Waals surface area (Å²) < 4.78 is 40.6. The molecule has 0 aromatic carbocycles. The highest BCUT2D eigenvalue weighted by Crippen LogP contribution is 2.52. The predicted octanol–water partition coefficient (Wildman–Crippen LogP) is 2.47. The van der Waals surface area contributed by atoms with E-state index in [0.29, 0.717) is 12.8 Å². The molecule has 2 fully saturated rings. The number of hydrogen-bond donors (Lipinski definition) is 0. The van der Waals surface area contributed by atoms with E-state index in [1.807, 2.05) is 0 Å². The van der Waals surface area contributed by atoms with Crippen molar-refractivity contribution in [2.75, 3.05) is 6.61 Å². The minimum Gasteiger partial charge on any atom is -0.367 e. The molecule has 15 heavy (non-hydrogen) atoms. The lowest BCUT2D eigenvalue weighted by Crippen LogP contribution is -2.54. The van der Waals surface area contributed by atoms with Crippen LogP contribution < -0.4 is 0 Å². The predicted molar refractivity (Wildman–Crippen MR) is 46.3 cm³/mol. The van der Waals surface area contributed by atoms with Crippen LogP contribution in [0.1, 0.15) is 32.1 Å². The highest BCUT2D eigenvalue weighted by molar-refractivity contribution is 5.92. The van der Waals surface area contributed by atoms with E-state index in [1.165, 1.54) is 0 Å². The molecule has 2 rings (SSSR count). The van der Waals surface area contributed by atoms with Gasteiger partial charge in [-0.25, -0.2) is 0 Å². The maximum atomic E-state index is 11.9. The lowest BCUT2D eigenvalue weighted by atomic mass is 9.63. The third-order valence-electron chi connectivity index (χ3n) is 3.49. The standard InChI is InChI=1S/C10H13F3O2/c11-10(12,13)6-15-8-5-7(14)9(8)3-1-2-4-9/h8H,1-6H2. The van der Waals surface area contributed by atoms with Gasteiger partial charge in [-0.1, -0.05) is 12.8 Å². The van der Waals surface area contributed by atoms with Crippen molar-refractivity contribution in [3.8, 4) is 0 Å². The van der Waals surface area contributed by atoms with E-state index in [4.69, 9.17) is 4.74 Å². The average Bonchev–Trinajstić information content (AvgIpc) is 2.61. The number of ketones is 1. The first kappa shape index (κ1) is 10.9. The van der Waals surface area contributed by atoms with Crippen LogP contribution in [-0.2, 0) is 9.53 Å². The molecular weight excluding hydrogens is 209 g/mol. The van der Waals surface area contributed by atoms with Crippen molar-refractivity contribution < 1.29 is 22.7 Å². The molecule has 2 nitrogen and oxygen atoms in total. The van der Waals surface area contributed by atoms with Crippen molar-refractivity contribution in [3.63, 3.8) is 0 Å². The van der Waals surface area contributed by atoms with Crippen LogP contribution in [0.15, 0.2) is 0 Å². The van der Waals surface area contributed by atoms with Gasteiger partial charge in [-0.3, -0.25) is 4.79 Å². The minimum absolute atomic E-state index is 0.0900. The van der Waals surface area contributed by atoms with Gasteiger partial charge in [-0.05, 0) is 12.8 Å². The molecule has 0 radical (unpaired) electrons. The molecule has 5 heteroatoms. The van der Waals surface area contributed by atoms with Gasteiger partial charge in [-0.2, -0.15) is 13.2 Å². The van der Waals surface area contributed by atoms with E-state index >= 15 is 0 Å². The van der Waals surface area contributed by atoms with Gasteiger partial charge in [0.2, 0.25) is 0 Å². The Bertz CT molecular complexity index is 266. The molecule has 0 bridgehead atoms. The van der Waals surface area contributed by atoms with Crippen molar-refractivity contribution in [3.05, 3.63) is 0 Å². The lowest BCUT2D eigenvalue weighted by molar-refractivity contribution is -0.213. The summed E-state index contributed by atoms with van der Waals surface area (Å²) in [5.74, 6) is 0.0900. The Labute approximate surface area is 85.8 Å². The van der Waals surface area contributed by atoms with Gasteiger partial charge >= 0.3 is 6.18 Å². The summed E-state index contributed by atoms with van der Waals surface area (Å²) in [5, 5.41) is 0. The van der Waals surface area contributed by atoms with Gasteiger partial charge in [0.05, 0.1) is 11.5 Å². The van der Waals surface area contributed by atoms with Crippen LogP contribution >= 0.6 is 0 Å². The molecule has 0 amide bonds. The monoisotopic (exact) mass is 222 g/mol. The first-order valence-corrected chi connectivity index (χ1v) is 5.16. The Morgan fingerprint density at radius 2 is 1.93 bits per heavy atom. The molecule has 0 aromatic rings. The zero-order valence-electron chi connectivity index (χ0n) is 8.27. The number of rotatable bonds is 2. The number of carbonyl (C=O) groups excluding carboxylic acids is 1. The van der Waals surface area contributed by atoms with Crippen LogP contribution in [0.25, 0.3) is 0 Å². The highest BCUT2D eigenvalue weighted by atomic mass is 19.4. The molecule has 0 aliphatic heterocycles. The van der Waals surface area contributed by atoms with Gasteiger partial charge in [0.1, 0.15) is 12.4 Å². The maximum Gasteiger partial charge on any atom is 0.411 e. The Morgan fingerprint density at radius 1 is 1.33 bits per heavy atom. The fourth-order valence-electron chi connectivity index (χ4n) is 2.64. The average molecular weight is 222 g/mol. The fourth-order valence-corrected chi connectivity index (χ4v) is 2.64. The second-order valence-electron chi connectivity index (χ2n) is 4.41. The maximum absolute atomic E-state index is 11.9. The van der Waals surface area contributed by atoms with Crippen molar-refractivity contribution in [1.29, 1.82) is 0 Å². The third kappa shape index (κ3) is 1.89. The topological polar surface area (TPSA) is 26.3 Å². The van der Waals surface area contributed by atoms with Crippen LogP contribution in [0, 0.1) is 5.41 Å². The molecule has 1 atom stereocenters. The highest BCUT2D eigenvalue weighted by Gasteiger charge is 2.57. The lowest BCUT2D eigenvalue weighted by Gasteiger charge is -2.44. The molecule has 0 aromatic heterocycles. The number of alkyl halides is 3. The number of ether oxygens (including phenoxy) is 1. The fraction of sp³-hybridized carbons (Fsp3) is 0.900. The molecule has 2 aliphatic carbocycles. The summed E-state index contributed by atoms with van der Waals surface area (Å²) in [6.45, 7) is -1.23. The summed E-state index contributed by atoms with van der Waals surface area (Å²) in [4.78, 5) is 11.4. The summed E-state index contributed by atoms with van der Waals surface area (Å²) in [5.41, 5.74) is -0.550. The van der Waals surface area contributed by atoms with E-state index in [2.05, 4.69) is 0 Å². The van der Waals surface area contributed by atoms with Crippen LogP contribution in [0.5, 0.6) is 0 Å². The van der Waals surface area contributed by atoms with Crippen molar-refractivity contribution in [1.82, 2.24) is 0 Å². The van der Waals surface area contributed by atoms with Crippen molar-refractivity contribution in [2.24, 2.45) is 5.41 Å². The Morgan fingerprint density at radius 3 is 2.40 bits per heavy atom. The number of halogens is 3. The Balaban J connectivity index is 1.92. The van der Waals surface area contributed by atoms with Gasteiger partial charge in [0, 0.05) is 6.42 Å². The van der Waals surface area contributed by atoms with E-state index in [9.17, 15) is 18.0 Å². The molecular formula is C10H13F3O2. The van der Waals surface area contributed by atoms with Crippen LogP contribution in [-0.4, -0.2) is 24.7 Å². The second-order valence-corrected chi connectivity index (χ2v) is 4.41. The number of carbonyl (C=O) groups is 1. The molecule has 0 heterocycles. The molecule has 1 spiro atoms. The van der Waals surface area contributed by atoms with Crippen molar-refractivity contribution in [2.45, 2.75) is 44.4 Å². The number of Topliss-reactive ketones (excluding diaryl/α,β-unsaturated/α-hetero) is 1. The summed E-state index contributed by atoms with van der Waals surface area (Å²) in [6, 6.07) is 0. The van der Waals surface area contributed by atoms with Gasteiger partial charge in [0.15, 0.2) is 0 Å². The normalized spacial score (nSPS) is 29.5. The largest absolute Gasteiger partial charge is 0.411 e. The quantitative estimate of drug-likeness (QED) is 0.717. The SMILES string of the molecule is O=C1CC(OCC(F)(F)F)C12CCCC2. The molecule has 1 unspecified atom stereocenters. The first-order valence-electron chi connectivity index (χ1n) is 5.16.